The van der Waals surface area contributed by atoms with E-state index in [9.17, 15) is 37.8 Å². The summed E-state index contributed by atoms with van der Waals surface area (Å²) in [5, 5.41) is 23.6. The molecule has 0 radical (unpaired) electrons. The van der Waals surface area contributed by atoms with Crippen molar-refractivity contribution in [2.45, 2.75) is 56.7 Å². The summed E-state index contributed by atoms with van der Waals surface area (Å²) in [5.41, 5.74) is -0.183. The second kappa shape index (κ2) is 13.8. The van der Waals surface area contributed by atoms with Gasteiger partial charge in [0.25, 0.3) is 5.91 Å². The summed E-state index contributed by atoms with van der Waals surface area (Å²) in [5.74, 6) is -1.70. The smallest absolute Gasteiger partial charge is 0.416 e. The van der Waals surface area contributed by atoms with Gasteiger partial charge in [-0.25, -0.2) is 0 Å². The van der Waals surface area contributed by atoms with E-state index in [0.29, 0.717) is 18.3 Å². The van der Waals surface area contributed by atoms with Gasteiger partial charge in [0, 0.05) is 42.0 Å². The maximum absolute atomic E-state index is 13.9. The predicted molar refractivity (Wildman–Crippen MR) is 152 cm³/mol. The number of carbonyl (C=O) groups excluding carboxylic acids is 3. The van der Waals surface area contributed by atoms with Crippen molar-refractivity contribution in [3.05, 3.63) is 70.3 Å². The normalized spacial score (nSPS) is 20.7. The Morgan fingerprint density at radius 2 is 1.89 bits per heavy atom. The van der Waals surface area contributed by atoms with Crippen LogP contribution in [0.3, 0.4) is 0 Å². The maximum atomic E-state index is 13.9. The van der Waals surface area contributed by atoms with Gasteiger partial charge in [-0.1, -0.05) is 0 Å². The number of hydrogen-bond donors (Lipinski definition) is 3. The number of rotatable bonds is 12. The number of hydrogen-bond acceptors (Lipinski definition) is 8. The number of aldehydes is 1. The van der Waals surface area contributed by atoms with Crippen LogP contribution in [0, 0.1) is 0 Å². The van der Waals surface area contributed by atoms with Crippen LogP contribution in [0.25, 0.3) is 0 Å². The standard InChI is InChI=1S/C31H35F3N2O8/c1-17(2)43-12-4-10-36(30(41)19-5-7-20(8-6-19)31(32,33)34)23-15-22(29(40)35-9-11-37)25-21-13-18(16-38)14-24(42-3)27(21)44-28(25)26(23)39/h5-8,13-17,23,25-26,28,37,39H,4,9-12H2,1-3H3,(H,35,40). The molecule has 4 rings (SSSR count). The van der Waals surface area contributed by atoms with Crippen molar-refractivity contribution in [3.63, 3.8) is 0 Å². The first-order chi connectivity index (χ1) is 20.9. The summed E-state index contributed by atoms with van der Waals surface area (Å²) < 4.78 is 56.8. The molecule has 1 heterocycles. The minimum atomic E-state index is -4.59. The van der Waals surface area contributed by atoms with E-state index in [1.807, 2.05) is 13.8 Å². The fourth-order valence-corrected chi connectivity index (χ4v) is 5.47. The number of alkyl halides is 3. The number of nitrogens with zero attached hydrogens (tertiary/aromatic N) is 1. The largest absolute Gasteiger partial charge is 0.493 e. The lowest BCUT2D eigenvalue weighted by Gasteiger charge is -2.40. The van der Waals surface area contributed by atoms with Gasteiger partial charge in [0.2, 0.25) is 5.91 Å². The topological polar surface area (TPSA) is 135 Å². The molecule has 0 aromatic heterocycles. The average Bonchev–Trinajstić information content (AvgIpc) is 3.39. The van der Waals surface area contributed by atoms with Crippen LogP contribution in [0.4, 0.5) is 13.2 Å². The first-order valence-electron chi connectivity index (χ1n) is 14.1. The number of methoxy groups -OCH3 is 1. The molecule has 0 saturated carbocycles. The minimum absolute atomic E-state index is 0.0271. The molecule has 4 unspecified atom stereocenters. The van der Waals surface area contributed by atoms with Crippen LogP contribution in [-0.2, 0) is 15.7 Å². The van der Waals surface area contributed by atoms with Crippen LogP contribution >= 0.6 is 0 Å². The zero-order chi connectivity index (χ0) is 32.2. The number of nitrogens with one attached hydrogen (secondary N) is 1. The molecule has 0 saturated heterocycles. The molecule has 0 bridgehead atoms. The molecule has 2 amide bonds. The molecule has 0 fully saturated rings. The highest BCUT2D eigenvalue weighted by Gasteiger charge is 2.51. The van der Waals surface area contributed by atoms with Crippen LogP contribution in [0.1, 0.15) is 58.0 Å². The monoisotopic (exact) mass is 620 g/mol. The number of halogens is 3. The Labute approximate surface area is 252 Å². The Morgan fingerprint density at radius 3 is 2.48 bits per heavy atom. The third kappa shape index (κ3) is 6.90. The second-order valence-electron chi connectivity index (χ2n) is 10.7. The zero-order valence-corrected chi connectivity index (χ0v) is 24.5. The fourth-order valence-electron chi connectivity index (χ4n) is 5.47. The maximum Gasteiger partial charge on any atom is 0.416 e. The van der Waals surface area contributed by atoms with Crippen LogP contribution in [0.2, 0.25) is 0 Å². The van der Waals surface area contributed by atoms with Crippen LogP contribution < -0.4 is 14.8 Å². The van der Waals surface area contributed by atoms with Gasteiger partial charge in [0.15, 0.2) is 11.5 Å². The lowest BCUT2D eigenvalue weighted by molar-refractivity contribution is -0.137. The third-order valence-corrected chi connectivity index (χ3v) is 7.49. The van der Waals surface area contributed by atoms with Crippen molar-refractivity contribution in [1.82, 2.24) is 10.2 Å². The van der Waals surface area contributed by atoms with E-state index < -0.39 is 47.7 Å². The Balaban J connectivity index is 1.78. The van der Waals surface area contributed by atoms with Gasteiger partial charge in [-0.3, -0.25) is 14.4 Å². The predicted octanol–water partition coefficient (Wildman–Crippen LogP) is 3.11. The quantitative estimate of drug-likeness (QED) is 0.244. The molecule has 0 spiro atoms. The van der Waals surface area contributed by atoms with Crippen LogP contribution in [0.5, 0.6) is 11.5 Å². The molecule has 13 heteroatoms. The summed E-state index contributed by atoms with van der Waals surface area (Å²) >= 11 is 0. The van der Waals surface area contributed by atoms with E-state index in [4.69, 9.17) is 14.2 Å². The van der Waals surface area contributed by atoms with Crippen LogP contribution in [0.15, 0.2) is 48.0 Å². The molecular formula is C31H35F3N2O8. The van der Waals surface area contributed by atoms with E-state index in [0.717, 1.165) is 24.3 Å². The first kappa shape index (κ1) is 33.0. The van der Waals surface area contributed by atoms with Crippen LogP contribution in [-0.4, -0.2) is 91.0 Å². The van der Waals surface area contributed by atoms with Crippen molar-refractivity contribution in [2.75, 3.05) is 33.4 Å². The first-order valence-corrected chi connectivity index (χ1v) is 14.1. The molecule has 44 heavy (non-hydrogen) atoms. The number of fused-ring (bicyclic) bond motifs is 3. The number of aliphatic hydroxyl groups is 2. The number of aliphatic hydroxyl groups excluding tert-OH is 2. The third-order valence-electron chi connectivity index (χ3n) is 7.49. The van der Waals surface area contributed by atoms with Gasteiger partial charge in [0.05, 0.1) is 37.3 Å². The summed E-state index contributed by atoms with van der Waals surface area (Å²) in [6, 6.07) is 5.57. The number of benzene rings is 2. The number of ether oxygens (including phenoxy) is 3. The molecular weight excluding hydrogens is 585 g/mol. The van der Waals surface area contributed by atoms with Crippen molar-refractivity contribution in [2.24, 2.45) is 0 Å². The molecule has 2 aromatic carbocycles. The SMILES string of the molecule is COc1cc(C=O)cc2c1OC1C2C(C(=O)NCCO)=CC(N(CCCOC(C)C)C(=O)c2ccc(C(F)(F)F)cc2)C1O. The lowest BCUT2D eigenvalue weighted by Crippen LogP contribution is -2.56. The highest BCUT2D eigenvalue weighted by atomic mass is 19.4. The molecule has 3 N–H and O–H groups in total. The highest BCUT2D eigenvalue weighted by molar-refractivity contribution is 5.98. The minimum Gasteiger partial charge on any atom is -0.493 e. The Hall–Kier alpha value is -3.94. The summed E-state index contributed by atoms with van der Waals surface area (Å²) in [4.78, 5) is 40.2. The van der Waals surface area contributed by atoms with Crippen molar-refractivity contribution in [1.29, 1.82) is 0 Å². The van der Waals surface area contributed by atoms with E-state index in [-0.39, 0.29) is 60.6 Å². The van der Waals surface area contributed by atoms with E-state index in [1.54, 1.807) is 0 Å². The second-order valence-corrected chi connectivity index (χ2v) is 10.7. The van der Waals surface area contributed by atoms with Gasteiger partial charge < -0.3 is 34.6 Å². The molecule has 2 aliphatic rings. The Kier molecular flexibility index (Phi) is 10.3. The molecule has 1 aliphatic heterocycles. The van der Waals surface area contributed by atoms with Crippen molar-refractivity contribution in [3.8, 4) is 11.5 Å². The Bertz CT molecular complexity index is 1390. The zero-order valence-electron chi connectivity index (χ0n) is 24.5. The van der Waals surface area contributed by atoms with Gasteiger partial charge in [-0.05, 0) is 62.7 Å². The van der Waals surface area contributed by atoms with Gasteiger partial charge in [0.1, 0.15) is 18.5 Å². The van der Waals surface area contributed by atoms with Gasteiger partial charge in [-0.2, -0.15) is 13.2 Å². The lowest BCUT2D eigenvalue weighted by atomic mass is 9.77. The van der Waals surface area contributed by atoms with Gasteiger partial charge in [-0.15, -0.1) is 0 Å². The number of amides is 2. The molecule has 4 atom stereocenters. The average molecular weight is 621 g/mol. The van der Waals surface area contributed by atoms with Gasteiger partial charge >= 0.3 is 6.18 Å². The number of carbonyl (C=O) groups is 3. The van der Waals surface area contributed by atoms with Crippen molar-refractivity contribution < 1.29 is 52.0 Å². The summed E-state index contributed by atoms with van der Waals surface area (Å²) in [6.45, 7) is 3.55. The van der Waals surface area contributed by atoms with E-state index in [1.165, 1.54) is 30.2 Å². The molecule has 10 nitrogen and oxygen atoms in total. The molecule has 238 valence electrons. The summed E-state index contributed by atoms with van der Waals surface area (Å²) in [7, 11) is 1.38. The fraction of sp³-hybridized carbons (Fsp3) is 0.452. The molecule has 1 aliphatic carbocycles. The van der Waals surface area contributed by atoms with E-state index >= 15 is 0 Å². The van der Waals surface area contributed by atoms with Crippen molar-refractivity contribution >= 4 is 18.1 Å². The Morgan fingerprint density at radius 1 is 1.18 bits per heavy atom. The highest BCUT2D eigenvalue weighted by Crippen LogP contribution is 2.51. The van der Waals surface area contributed by atoms with E-state index in [2.05, 4.69) is 5.32 Å². The summed E-state index contributed by atoms with van der Waals surface area (Å²) in [6.07, 6.45) is -4.83. The molecule has 2 aromatic rings.